The van der Waals surface area contributed by atoms with Gasteiger partial charge in [0.05, 0.1) is 19.1 Å². The van der Waals surface area contributed by atoms with Crippen LogP contribution in [0.1, 0.15) is 30.1 Å². The molecule has 0 saturated carbocycles. The minimum atomic E-state index is -1.07. The smallest absolute Gasteiger partial charge is 0.339 e. The second kappa shape index (κ2) is 6.58. The number of anilines is 1. The maximum Gasteiger partial charge on any atom is 0.339 e. The average molecular weight is 293 g/mol. The van der Waals surface area contributed by atoms with Crippen molar-refractivity contribution in [2.45, 2.75) is 25.9 Å². The fraction of sp³-hybridized carbons (Fsp3) is 0.467. The Bertz CT molecular complexity index is 543. The van der Waals surface area contributed by atoms with E-state index in [9.17, 15) is 9.59 Å². The number of benzene rings is 1. The Kier molecular flexibility index (Phi) is 4.80. The fourth-order valence-corrected chi connectivity index (χ4v) is 2.53. The topological polar surface area (TPSA) is 84.9 Å². The monoisotopic (exact) mass is 293 g/mol. The van der Waals surface area contributed by atoms with Crippen LogP contribution in [-0.2, 0) is 9.53 Å². The number of aromatic carboxylic acids is 1. The molecule has 1 aliphatic heterocycles. The van der Waals surface area contributed by atoms with Crippen molar-refractivity contribution in [3.8, 4) is 5.75 Å². The molecule has 1 aromatic rings. The number of carbonyl (C=O) groups excluding carboxylic acids is 1. The number of amides is 1. The minimum Gasteiger partial charge on any atom is -0.496 e. The molecule has 1 saturated heterocycles. The summed E-state index contributed by atoms with van der Waals surface area (Å²) in [6.07, 6.45) is 1.44. The van der Waals surface area contributed by atoms with Crippen LogP contribution in [0.15, 0.2) is 18.2 Å². The Morgan fingerprint density at radius 3 is 2.86 bits per heavy atom. The van der Waals surface area contributed by atoms with Gasteiger partial charge in [0.25, 0.3) is 0 Å². The molecule has 0 spiro atoms. The van der Waals surface area contributed by atoms with E-state index in [4.69, 9.17) is 14.6 Å². The van der Waals surface area contributed by atoms with Crippen molar-refractivity contribution in [2.24, 2.45) is 5.92 Å². The molecular weight excluding hydrogens is 274 g/mol. The van der Waals surface area contributed by atoms with E-state index in [0.717, 1.165) is 6.42 Å². The van der Waals surface area contributed by atoms with Crippen LogP contribution in [0.25, 0.3) is 0 Å². The van der Waals surface area contributed by atoms with Gasteiger partial charge in [0, 0.05) is 18.4 Å². The van der Waals surface area contributed by atoms with Crippen molar-refractivity contribution in [3.05, 3.63) is 23.8 Å². The minimum absolute atomic E-state index is 0.0508. The summed E-state index contributed by atoms with van der Waals surface area (Å²) in [5.41, 5.74) is 0.578. The first kappa shape index (κ1) is 15.3. The van der Waals surface area contributed by atoms with Crippen molar-refractivity contribution in [1.29, 1.82) is 0 Å². The van der Waals surface area contributed by atoms with E-state index in [1.54, 1.807) is 6.07 Å². The molecule has 1 amide bonds. The number of ether oxygens (including phenoxy) is 2. The first-order valence-corrected chi connectivity index (χ1v) is 6.90. The number of rotatable bonds is 5. The highest BCUT2D eigenvalue weighted by Gasteiger charge is 2.32. The van der Waals surface area contributed by atoms with Gasteiger partial charge in [-0.25, -0.2) is 4.79 Å². The van der Waals surface area contributed by atoms with E-state index in [-0.39, 0.29) is 29.2 Å². The molecule has 0 aromatic heterocycles. The lowest BCUT2D eigenvalue weighted by molar-refractivity contribution is -0.121. The highest BCUT2D eigenvalue weighted by molar-refractivity contribution is 5.95. The Morgan fingerprint density at radius 2 is 2.24 bits per heavy atom. The molecule has 2 atom stereocenters. The zero-order valence-corrected chi connectivity index (χ0v) is 12.1. The van der Waals surface area contributed by atoms with E-state index >= 15 is 0 Å². The summed E-state index contributed by atoms with van der Waals surface area (Å²) >= 11 is 0. The van der Waals surface area contributed by atoms with Crippen molar-refractivity contribution < 1.29 is 24.2 Å². The van der Waals surface area contributed by atoms with E-state index in [0.29, 0.717) is 18.7 Å². The van der Waals surface area contributed by atoms with Gasteiger partial charge in [0.2, 0.25) is 5.91 Å². The van der Waals surface area contributed by atoms with Crippen LogP contribution in [-0.4, -0.2) is 36.8 Å². The summed E-state index contributed by atoms with van der Waals surface area (Å²) in [7, 11) is 1.39. The molecule has 21 heavy (non-hydrogen) atoms. The van der Waals surface area contributed by atoms with Crippen LogP contribution >= 0.6 is 0 Å². The van der Waals surface area contributed by atoms with Crippen LogP contribution in [0.4, 0.5) is 5.69 Å². The lowest BCUT2D eigenvalue weighted by Crippen LogP contribution is -2.29. The van der Waals surface area contributed by atoms with Crippen LogP contribution in [0.5, 0.6) is 5.75 Å². The third-order valence-corrected chi connectivity index (χ3v) is 3.65. The predicted octanol–water partition coefficient (Wildman–Crippen LogP) is 2.15. The number of methoxy groups -OCH3 is 1. The number of hydrogen-bond acceptors (Lipinski definition) is 4. The number of carbonyl (C=O) groups is 2. The first-order valence-electron chi connectivity index (χ1n) is 6.90. The summed E-state index contributed by atoms with van der Waals surface area (Å²) in [6, 6.07) is 4.48. The molecule has 114 valence electrons. The normalized spacial score (nSPS) is 21.0. The lowest BCUT2D eigenvalue weighted by atomic mass is 9.98. The molecule has 1 aliphatic rings. The quantitative estimate of drug-likeness (QED) is 0.869. The third-order valence-electron chi connectivity index (χ3n) is 3.65. The number of carboxylic acid groups (broad SMARTS) is 1. The molecule has 2 unspecified atom stereocenters. The van der Waals surface area contributed by atoms with E-state index in [2.05, 4.69) is 5.32 Å². The summed E-state index contributed by atoms with van der Waals surface area (Å²) in [5, 5.41) is 11.8. The molecule has 0 radical (unpaired) electrons. The molecule has 6 nitrogen and oxygen atoms in total. The Labute approximate surface area is 123 Å². The molecule has 2 rings (SSSR count). The second-order valence-corrected chi connectivity index (χ2v) is 4.92. The molecule has 0 aliphatic carbocycles. The lowest BCUT2D eigenvalue weighted by Gasteiger charge is -2.17. The number of nitrogens with one attached hydrogen (secondary N) is 1. The SMILES string of the molecule is CCC1OCCC1C(=O)Nc1ccc(C(=O)O)c(OC)c1. The average Bonchev–Trinajstić information content (AvgIpc) is 2.95. The van der Waals surface area contributed by atoms with E-state index in [1.165, 1.54) is 19.2 Å². The molecule has 0 bridgehead atoms. The standard InChI is InChI=1S/C15H19NO5/c1-3-12-10(6-7-21-12)14(17)16-9-4-5-11(15(18)19)13(8-9)20-2/h4-5,8,10,12H,3,6-7H2,1-2H3,(H,16,17)(H,18,19). The second-order valence-electron chi connectivity index (χ2n) is 4.92. The van der Waals surface area contributed by atoms with Crippen LogP contribution in [0, 0.1) is 5.92 Å². The maximum absolute atomic E-state index is 12.3. The van der Waals surface area contributed by atoms with E-state index < -0.39 is 5.97 Å². The number of hydrogen-bond donors (Lipinski definition) is 2. The summed E-state index contributed by atoms with van der Waals surface area (Å²) in [5.74, 6) is -1.13. The van der Waals surface area contributed by atoms with Gasteiger partial charge < -0.3 is 19.9 Å². The maximum atomic E-state index is 12.3. The van der Waals surface area contributed by atoms with Gasteiger partial charge in [-0.1, -0.05) is 6.92 Å². The van der Waals surface area contributed by atoms with Crippen LogP contribution < -0.4 is 10.1 Å². The molecular formula is C15H19NO5. The van der Waals surface area contributed by atoms with Gasteiger partial charge in [0.15, 0.2) is 0 Å². The van der Waals surface area contributed by atoms with Gasteiger partial charge in [-0.3, -0.25) is 4.79 Å². The largest absolute Gasteiger partial charge is 0.496 e. The Hall–Kier alpha value is -2.08. The van der Waals surface area contributed by atoms with E-state index in [1.807, 2.05) is 6.92 Å². The third kappa shape index (κ3) is 3.33. The molecule has 1 heterocycles. The fourth-order valence-electron chi connectivity index (χ4n) is 2.53. The van der Waals surface area contributed by atoms with Gasteiger partial charge in [0.1, 0.15) is 11.3 Å². The van der Waals surface area contributed by atoms with Crippen molar-refractivity contribution >= 4 is 17.6 Å². The van der Waals surface area contributed by atoms with Crippen molar-refractivity contribution in [2.75, 3.05) is 19.0 Å². The molecule has 1 fully saturated rings. The highest BCUT2D eigenvalue weighted by atomic mass is 16.5. The van der Waals surface area contributed by atoms with Gasteiger partial charge in [-0.2, -0.15) is 0 Å². The molecule has 2 N–H and O–H groups in total. The zero-order valence-electron chi connectivity index (χ0n) is 12.1. The summed E-state index contributed by atoms with van der Waals surface area (Å²) < 4.78 is 10.5. The number of carboxylic acids is 1. The van der Waals surface area contributed by atoms with Gasteiger partial charge in [-0.15, -0.1) is 0 Å². The van der Waals surface area contributed by atoms with Crippen molar-refractivity contribution in [3.63, 3.8) is 0 Å². The Morgan fingerprint density at radius 1 is 1.48 bits per heavy atom. The van der Waals surface area contributed by atoms with Gasteiger partial charge >= 0.3 is 5.97 Å². The molecule has 6 heteroatoms. The predicted molar refractivity (Wildman–Crippen MR) is 76.7 cm³/mol. The zero-order chi connectivity index (χ0) is 15.4. The molecule has 1 aromatic carbocycles. The van der Waals surface area contributed by atoms with Crippen LogP contribution in [0.2, 0.25) is 0 Å². The highest BCUT2D eigenvalue weighted by Crippen LogP contribution is 2.27. The first-order chi connectivity index (χ1) is 10.1. The van der Waals surface area contributed by atoms with Crippen LogP contribution in [0.3, 0.4) is 0 Å². The Balaban J connectivity index is 2.12. The summed E-state index contributed by atoms with van der Waals surface area (Å²) in [6.45, 7) is 2.58. The summed E-state index contributed by atoms with van der Waals surface area (Å²) in [4.78, 5) is 23.3. The van der Waals surface area contributed by atoms with Crippen molar-refractivity contribution in [1.82, 2.24) is 0 Å². The van der Waals surface area contributed by atoms with Gasteiger partial charge in [-0.05, 0) is 25.0 Å².